The first-order valence-corrected chi connectivity index (χ1v) is 9.10. The fourth-order valence-corrected chi connectivity index (χ4v) is 4.16. The third kappa shape index (κ3) is 3.20. The maximum absolute atomic E-state index is 12.3. The van der Waals surface area contributed by atoms with Gasteiger partial charge in [0.05, 0.1) is 24.3 Å². The third-order valence-corrected chi connectivity index (χ3v) is 6.64. The number of aromatic nitrogens is 1. The van der Waals surface area contributed by atoms with Crippen molar-refractivity contribution in [3.05, 3.63) is 10.6 Å². The first kappa shape index (κ1) is 17.7. The van der Waals surface area contributed by atoms with Crippen LogP contribution in [0.1, 0.15) is 28.7 Å². The molecule has 1 atom stereocenters. The number of hydrogen-bond acceptors (Lipinski definition) is 6. The van der Waals surface area contributed by atoms with E-state index >= 15 is 0 Å². The number of hydrazine groups is 1. The van der Waals surface area contributed by atoms with Crippen molar-refractivity contribution in [2.24, 2.45) is 5.41 Å². The summed E-state index contributed by atoms with van der Waals surface area (Å²) in [6.07, 6.45) is 0.353. The summed E-state index contributed by atoms with van der Waals surface area (Å²) in [6, 6.07) is 0. The van der Waals surface area contributed by atoms with Crippen LogP contribution in [-0.4, -0.2) is 47.4 Å². The number of nitrogens with zero attached hydrogens (tertiary/aromatic N) is 2. The third-order valence-electron chi connectivity index (χ3n) is 4.32. The van der Waals surface area contributed by atoms with Crippen LogP contribution in [0.3, 0.4) is 0 Å². The Bertz CT molecular complexity index is 675. The topological polar surface area (TPSA) is 83.6 Å². The molecule has 24 heavy (non-hydrogen) atoms. The van der Waals surface area contributed by atoms with Crippen LogP contribution < -0.4 is 15.8 Å². The summed E-state index contributed by atoms with van der Waals surface area (Å²) in [5.41, 5.74) is 4.54. The molecular weight excluding hydrogens is 375 g/mol. The number of ether oxygens (including phenoxy) is 1. The van der Waals surface area contributed by atoms with Crippen molar-refractivity contribution < 1.29 is 14.3 Å². The highest BCUT2D eigenvalue weighted by Crippen LogP contribution is 2.63. The van der Waals surface area contributed by atoms with Crippen molar-refractivity contribution in [2.75, 3.05) is 31.2 Å². The van der Waals surface area contributed by atoms with E-state index in [-0.39, 0.29) is 0 Å². The van der Waals surface area contributed by atoms with Crippen LogP contribution >= 0.6 is 34.5 Å². The van der Waals surface area contributed by atoms with E-state index in [0.717, 1.165) is 18.2 Å². The molecule has 132 valence electrons. The number of morpholine rings is 1. The molecule has 1 aliphatic heterocycles. The van der Waals surface area contributed by atoms with Gasteiger partial charge in [-0.3, -0.25) is 20.4 Å². The number of anilines is 1. The van der Waals surface area contributed by atoms with Crippen LogP contribution in [0.4, 0.5) is 5.13 Å². The molecule has 2 heterocycles. The Morgan fingerprint density at radius 3 is 2.50 bits per heavy atom. The lowest BCUT2D eigenvalue weighted by Gasteiger charge is -2.25. The molecule has 0 bridgehead atoms. The van der Waals surface area contributed by atoms with Crippen LogP contribution in [0.2, 0.25) is 0 Å². The second-order valence-corrected chi connectivity index (χ2v) is 8.59. The Morgan fingerprint density at radius 1 is 1.29 bits per heavy atom. The second kappa shape index (κ2) is 6.33. The molecule has 7 nitrogen and oxygen atoms in total. The number of carbonyl (C=O) groups is 2. The zero-order chi connectivity index (χ0) is 17.5. The van der Waals surface area contributed by atoms with E-state index in [9.17, 15) is 9.59 Å². The van der Waals surface area contributed by atoms with Gasteiger partial charge < -0.3 is 9.64 Å². The number of thiazole rings is 1. The summed E-state index contributed by atoms with van der Waals surface area (Å²) in [4.78, 5) is 31.4. The lowest BCUT2D eigenvalue weighted by atomic mass is 10.1. The van der Waals surface area contributed by atoms with Gasteiger partial charge in [-0.15, -0.1) is 23.2 Å². The van der Waals surface area contributed by atoms with Gasteiger partial charge in [0.1, 0.15) is 9.21 Å². The number of aryl methyl sites for hydroxylation is 1. The van der Waals surface area contributed by atoms with Crippen LogP contribution in [-0.2, 0) is 9.53 Å². The molecule has 10 heteroatoms. The van der Waals surface area contributed by atoms with Gasteiger partial charge in [0.15, 0.2) is 5.13 Å². The van der Waals surface area contributed by atoms with Gasteiger partial charge in [-0.25, -0.2) is 4.98 Å². The van der Waals surface area contributed by atoms with E-state index in [1.54, 1.807) is 13.8 Å². The van der Waals surface area contributed by atoms with Crippen LogP contribution in [0.15, 0.2) is 0 Å². The molecule has 2 N–H and O–H groups in total. The predicted molar refractivity (Wildman–Crippen MR) is 92.7 cm³/mol. The van der Waals surface area contributed by atoms with E-state index in [2.05, 4.69) is 20.7 Å². The fraction of sp³-hybridized carbons (Fsp3) is 0.643. The number of alkyl halides is 2. The average molecular weight is 393 g/mol. The molecule has 1 unspecified atom stereocenters. The lowest BCUT2D eigenvalue weighted by Crippen LogP contribution is -2.45. The van der Waals surface area contributed by atoms with Crippen LogP contribution in [0.5, 0.6) is 0 Å². The lowest BCUT2D eigenvalue weighted by molar-refractivity contribution is -0.126. The molecule has 1 aliphatic carbocycles. The van der Waals surface area contributed by atoms with Crippen LogP contribution in [0.25, 0.3) is 0 Å². The van der Waals surface area contributed by atoms with Crippen molar-refractivity contribution in [1.29, 1.82) is 0 Å². The van der Waals surface area contributed by atoms with Gasteiger partial charge in [-0.2, -0.15) is 0 Å². The van der Waals surface area contributed by atoms with Crippen molar-refractivity contribution in [2.45, 2.75) is 24.6 Å². The molecule has 2 aliphatic rings. The SMILES string of the molecule is Cc1nc(N2CCOCC2)sc1C(=O)NNC(=O)C1(C)CC1(Cl)Cl. The van der Waals surface area contributed by atoms with Crippen molar-refractivity contribution in [3.63, 3.8) is 0 Å². The Labute approximate surface area is 153 Å². The summed E-state index contributed by atoms with van der Waals surface area (Å²) in [7, 11) is 0. The molecule has 1 saturated heterocycles. The summed E-state index contributed by atoms with van der Waals surface area (Å²) in [5.74, 6) is -0.812. The molecule has 1 aromatic rings. The zero-order valence-electron chi connectivity index (χ0n) is 13.3. The van der Waals surface area contributed by atoms with Gasteiger partial charge in [0.2, 0.25) is 5.91 Å². The molecule has 0 aromatic carbocycles. The molecule has 1 saturated carbocycles. The maximum atomic E-state index is 12.3. The summed E-state index contributed by atoms with van der Waals surface area (Å²) >= 11 is 13.2. The minimum Gasteiger partial charge on any atom is -0.378 e. The molecule has 3 rings (SSSR count). The van der Waals surface area contributed by atoms with Gasteiger partial charge >= 0.3 is 0 Å². The molecule has 0 radical (unpaired) electrons. The van der Waals surface area contributed by atoms with Gasteiger partial charge in [0.25, 0.3) is 5.91 Å². The second-order valence-electron chi connectivity index (χ2n) is 6.13. The Morgan fingerprint density at radius 2 is 1.92 bits per heavy atom. The summed E-state index contributed by atoms with van der Waals surface area (Å²) in [6.45, 7) is 6.21. The standard InChI is InChI=1S/C14H18Cl2N4O3S/c1-8-9(24-12(17-8)20-3-5-23-6-4-20)10(21)18-19-11(22)13(2)7-14(13,15)16/h3-7H2,1-2H3,(H,18,21)(H,19,22). The highest BCUT2D eigenvalue weighted by Gasteiger charge is 2.68. The van der Waals surface area contributed by atoms with E-state index in [0.29, 0.717) is 30.2 Å². The molecular formula is C14H18Cl2N4O3S. The van der Waals surface area contributed by atoms with Crippen molar-refractivity contribution in [3.8, 4) is 0 Å². The van der Waals surface area contributed by atoms with Gasteiger partial charge in [-0.05, 0) is 20.3 Å². The quantitative estimate of drug-likeness (QED) is 0.603. The summed E-state index contributed by atoms with van der Waals surface area (Å²) in [5, 5.41) is 0.780. The first-order chi connectivity index (χ1) is 11.2. The van der Waals surface area contributed by atoms with Gasteiger partial charge in [0, 0.05) is 13.1 Å². The highest BCUT2D eigenvalue weighted by molar-refractivity contribution is 7.17. The molecule has 1 aromatic heterocycles. The Hall–Kier alpha value is -1.09. The first-order valence-electron chi connectivity index (χ1n) is 7.53. The Balaban J connectivity index is 1.61. The predicted octanol–water partition coefficient (Wildman–Crippen LogP) is 1.63. The number of hydrogen-bond donors (Lipinski definition) is 2. The number of carbonyl (C=O) groups excluding carboxylic acids is 2. The van der Waals surface area contributed by atoms with Crippen LogP contribution in [0, 0.1) is 12.3 Å². The van der Waals surface area contributed by atoms with Crippen molar-refractivity contribution >= 4 is 51.5 Å². The van der Waals surface area contributed by atoms with E-state index in [1.165, 1.54) is 11.3 Å². The zero-order valence-corrected chi connectivity index (χ0v) is 15.6. The monoisotopic (exact) mass is 392 g/mol. The number of rotatable bonds is 3. The number of nitrogens with one attached hydrogen (secondary N) is 2. The minimum atomic E-state index is -1.08. The average Bonchev–Trinajstić information content (AvgIpc) is 2.89. The van der Waals surface area contributed by atoms with E-state index in [1.807, 2.05) is 0 Å². The normalized spacial score (nSPS) is 25.2. The maximum Gasteiger partial charge on any atom is 0.281 e. The van der Waals surface area contributed by atoms with E-state index < -0.39 is 21.6 Å². The molecule has 0 spiro atoms. The van der Waals surface area contributed by atoms with Crippen molar-refractivity contribution in [1.82, 2.24) is 15.8 Å². The van der Waals surface area contributed by atoms with E-state index in [4.69, 9.17) is 27.9 Å². The smallest absolute Gasteiger partial charge is 0.281 e. The summed E-state index contributed by atoms with van der Waals surface area (Å²) < 4.78 is 4.23. The number of halogens is 2. The van der Waals surface area contributed by atoms with Gasteiger partial charge in [-0.1, -0.05) is 11.3 Å². The molecule has 2 amide bonds. The fourth-order valence-electron chi connectivity index (χ4n) is 2.44. The molecule has 2 fully saturated rings. The minimum absolute atomic E-state index is 0.353. The Kier molecular flexibility index (Phi) is 4.67. The highest BCUT2D eigenvalue weighted by atomic mass is 35.5. The largest absolute Gasteiger partial charge is 0.378 e. The number of amides is 2.